The molecular weight excluding hydrogens is 262 g/mol. The van der Waals surface area contributed by atoms with Crippen molar-refractivity contribution in [3.63, 3.8) is 0 Å². The first-order valence-corrected chi connectivity index (χ1v) is 7.77. The van der Waals surface area contributed by atoms with Gasteiger partial charge in [-0.25, -0.2) is 0 Å². The van der Waals surface area contributed by atoms with Crippen LogP contribution in [0.4, 0.5) is 11.4 Å². The maximum atomic E-state index is 6.14. The van der Waals surface area contributed by atoms with Crippen molar-refractivity contribution in [3.8, 4) is 18.1 Å². The lowest BCUT2D eigenvalue weighted by Crippen LogP contribution is -2.45. The second-order valence-electron chi connectivity index (χ2n) is 5.59. The number of piperazine rings is 1. The van der Waals surface area contributed by atoms with Crippen LogP contribution in [0.1, 0.15) is 13.3 Å². The lowest BCUT2D eigenvalue weighted by Gasteiger charge is -2.39. The SMILES string of the molecule is C#CCN1CC(CC)Oc2cccc(N3CCNCC3)c21. The predicted molar refractivity (Wildman–Crippen MR) is 87.3 cm³/mol. The minimum atomic E-state index is 0.226. The Kier molecular flexibility index (Phi) is 4.21. The number of fused-ring (bicyclic) bond motifs is 1. The van der Waals surface area contributed by atoms with E-state index >= 15 is 0 Å². The third-order valence-electron chi connectivity index (χ3n) is 4.21. The van der Waals surface area contributed by atoms with Gasteiger partial charge in [-0.1, -0.05) is 18.9 Å². The highest BCUT2D eigenvalue weighted by Crippen LogP contribution is 2.41. The standard InChI is InChI=1S/C17H23N3O/c1-3-10-20-13-14(4-2)21-16-7-5-6-15(17(16)20)19-11-8-18-9-12-19/h1,5-7,14,18H,4,8-13H2,2H3. The molecule has 1 aromatic rings. The van der Waals surface area contributed by atoms with Crippen LogP contribution in [0.25, 0.3) is 0 Å². The molecule has 0 aliphatic carbocycles. The van der Waals surface area contributed by atoms with Crippen LogP contribution in [0.15, 0.2) is 18.2 Å². The lowest BCUT2D eigenvalue weighted by molar-refractivity contribution is 0.190. The molecule has 0 saturated carbocycles. The number of ether oxygens (including phenoxy) is 1. The van der Waals surface area contributed by atoms with Crippen LogP contribution in [0.5, 0.6) is 5.75 Å². The van der Waals surface area contributed by atoms with Crippen LogP contribution in [-0.4, -0.2) is 45.4 Å². The van der Waals surface area contributed by atoms with E-state index in [1.165, 1.54) is 11.4 Å². The Labute approximate surface area is 127 Å². The van der Waals surface area contributed by atoms with Gasteiger partial charge in [0.2, 0.25) is 0 Å². The Balaban J connectivity index is 1.98. The zero-order valence-electron chi connectivity index (χ0n) is 12.6. The van der Waals surface area contributed by atoms with Crippen LogP contribution < -0.4 is 19.9 Å². The van der Waals surface area contributed by atoms with E-state index in [0.29, 0.717) is 6.54 Å². The van der Waals surface area contributed by atoms with Gasteiger partial charge in [0, 0.05) is 26.2 Å². The molecule has 1 atom stereocenters. The van der Waals surface area contributed by atoms with Crippen molar-refractivity contribution in [1.82, 2.24) is 5.32 Å². The lowest BCUT2D eigenvalue weighted by atomic mass is 10.1. The molecule has 0 spiro atoms. The summed E-state index contributed by atoms with van der Waals surface area (Å²) >= 11 is 0. The number of hydrogen-bond donors (Lipinski definition) is 1. The smallest absolute Gasteiger partial charge is 0.145 e. The molecule has 4 heteroatoms. The quantitative estimate of drug-likeness (QED) is 0.856. The molecule has 4 nitrogen and oxygen atoms in total. The number of nitrogens with zero attached hydrogens (tertiary/aromatic N) is 2. The average molecular weight is 285 g/mol. The van der Waals surface area contributed by atoms with Gasteiger partial charge in [-0.05, 0) is 18.6 Å². The highest BCUT2D eigenvalue weighted by molar-refractivity contribution is 5.79. The Morgan fingerprint density at radius 2 is 2.19 bits per heavy atom. The first kappa shape index (κ1) is 14.1. The highest BCUT2D eigenvalue weighted by atomic mass is 16.5. The van der Waals surface area contributed by atoms with Crippen LogP contribution >= 0.6 is 0 Å². The second-order valence-corrected chi connectivity index (χ2v) is 5.59. The Hall–Kier alpha value is -1.86. The summed E-state index contributed by atoms with van der Waals surface area (Å²) < 4.78 is 6.14. The van der Waals surface area contributed by atoms with Crippen molar-refractivity contribution in [1.29, 1.82) is 0 Å². The topological polar surface area (TPSA) is 27.7 Å². The normalized spacial score (nSPS) is 21.4. The van der Waals surface area contributed by atoms with Gasteiger partial charge in [0.05, 0.1) is 18.8 Å². The summed E-state index contributed by atoms with van der Waals surface area (Å²) in [5.74, 6) is 3.76. The number of hydrogen-bond acceptors (Lipinski definition) is 4. The van der Waals surface area contributed by atoms with Gasteiger partial charge >= 0.3 is 0 Å². The molecule has 21 heavy (non-hydrogen) atoms. The van der Waals surface area contributed by atoms with Crippen molar-refractivity contribution < 1.29 is 4.74 Å². The fourth-order valence-electron chi connectivity index (χ4n) is 3.10. The van der Waals surface area contributed by atoms with Crippen molar-refractivity contribution >= 4 is 11.4 Å². The summed E-state index contributed by atoms with van der Waals surface area (Å²) in [6, 6.07) is 6.33. The van der Waals surface area contributed by atoms with E-state index in [4.69, 9.17) is 11.2 Å². The fraction of sp³-hybridized carbons (Fsp3) is 0.529. The Bertz CT molecular complexity index is 531. The van der Waals surface area contributed by atoms with Gasteiger partial charge in [0.25, 0.3) is 0 Å². The summed E-state index contributed by atoms with van der Waals surface area (Å²) in [4.78, 5) is 4.72. The molecular formula is C17H23N3O. The van der Waals surface area contributed by atoms with Crippen molar-refractivity contribution in [2.24, 2.45) is 0 Å². The van der Waals surface area contributed by atoms with Crippen LogP contribution in [0.3, 0.4) is 0 Å². The number of benzene rings is 1. The summed E-state index contributed by atoms with van der Waals surface area (Å²) in [6.07, 6.45) is 6.80. The molecule has 1 fully saturated rings. The number of para-hydroxylation sites is 1. The molecule has 0 amide bonds. The minimum Gasteiger partial charge on any atom is -0.486 e. The average Bonchev–Trinajstić information content (AvgIpc) is 2.55. The molecule has 0 bridgehead atoms. The largest absolute Gasteiger partial charge is 0.486 e. The molecule has 2 aliphatic heterocycles. The first-order chi connectivity index (χ1) is 10.3. The van der Waals surface area contributed by atoms with Crippen molar-refractivity contribution in [3.05, 3.63) is 18.2 Å². The summed E-state index contributed by atoms with van der Waals surface area (Å²) in [5.41, 5.74) is 2.42. The number of anilines is 2. The third kappa shape index (κ3) is 2.79. The molecule has 0 aromatic heterocycles. The van der Waals surface area contributed by atoms with Crippen molar-refractivity contribution in [2.75, 3.05) is 49.1 Å². The zero-order valence-corrected chi connectivity index (χ0v) is 12.6. The van der Waals surface area contributed by atoms with Gasteiger partial charge in [0.1, 0.15) is 17.5 Å². The van der Waals surface area contributed by atoms with Gasteiger partial charge in [-0.2, -0.15) is 0 Å². The molecule has 1 N–H and O–H groups in total. The number of nitrogens with one attached hydrogen (secondary N) is 1. The van der Waals surface area contributed by atoms with Gasteiger partial charge in [-0.15, -0.1) is 6.42 Å². The Morgan fingerprint density at radius 1 is 1.38 bits per heavy atom. The first-order valence-electron chi connectivity index (χ1n) is 7.77. The van der Waals surface area contributed by atoms with Gasteiger partial charge < -0.3 is 19.9 Å². The van der Waals surface area contributed by atoms with Gasteiger partial charge in [0.15, 0.2) is 0 Å². The van der Waals surface area contributed by atoms with Crippen molar-refractivity contribution in [2.45, 2.75) is 19.4 Å². The highest BCUT2D eigenvalue weighted by Gasteiger charge is 2.28. The van der Waals surface area contributed by atoms with E-state index in [-0.39, 0.29) is 6.10 Å². The molecule has 1 unspecified atom stereocenters. The Morgan fingerprint density at radius 3 is 2.90 bits per heavy atom. The van der Waals surface area contributed by atoms with Crippen LogP contribution in [0.2, 0.25) is 0 Å². The number of rotatable bonds is 3. The molecule has 1 saturated heterocycles. The molecule has 112 valence electrons. The summed E-state index contributed by atoms with van der Waals surface area (Å²) in [6.45, 7) is 7.76. The number of terminal acetylenes is 1. The fourth-order valence-corrected chi connectivity index (χ4v) is 3.10. The molecule has 2 heterocycles. The summed E-state index contributed by atoms with van der Waals surface area (Å²) in [5, 5.41) is 3.40. The summed E-state index contributed by atoms with van der Waals surface area (Å²) in [7, 11) is 0. The zero-order chi connectivity index (χ0) is 14.7. The van der Waals surface area contributed by atoms with E-state index in [1.807, 2.05) is 0 Å². The third-order valence-corrected chi connectivity index (χ3v) is 4.21. The minimum absolute atomic E-state index is 0.226. The molecule has 2 aliphatic rings. The van der Waals surface area contributed by atoms with E-state index in [0.717, 1.165) is 44.9 Å². The van der Waals surface area contributed by atoms with Crippen LogP contribution in [-0.2, 0) is 0 Å². The van der Waals surface area contributed by atoms with E-state index in [1.54, 1.807) is 0 Å². The van der Waals surface area contributed by atoms with Crippen LogP contribution in [0, 0.1) is 12.3 Å². The van der Waals surface area contributed by atoms with E-state index < -0.39 is 0 Å². The predicted octanol–water partition coefficient (Wildman–Crippen LogP) is 1.71. The van der Waals surface area contributed by atoms with E-state index in [9.17, 15) is 0 Å². The molecule has 1 aromatic carbocycles. The monoisotopic (exact) mass is 285 g/mol. The second kappa shape index (κ2) is 6.28. The molecule has 3 rings (SSSR count). The maximum Gasteiger partial charge on any atom is 0.145 e. The van der Waals surface area contributed by atoms with Gasteiger partial charge in [-0.3, -0.25) is 0 Å². The maximum absolute atomic E-state index is 6.14. The molecule has 0 radical (unpaired) electrons. The van der Waals surface area contributed by atoms with E-state index in [2.05, 4.69) is 46.2 Å².